The van der Waals surface area contributed by atoms with Crippen LogP contribution in [0.5, 0.6) is 0 Å². The molecule has 0 heterocycles. The zero-order valence-corrected chi connectivity index (χ0v) is 23.2. The summed E-state index contributed by atoms with van der Waals surface area (Å²) in [5.41, 5.74) is 5.64. The standard InChI is InChI=1S/C35H41N3O/c1-28(2)27-38(26-23-32(29-15-6-3-7-16-29)30-17-8-4-9-18-30)25-14-24-36-35(39)37-34-22-13-12-21-33(34)31-19-10-5-11-20-31/h3-13,15-22,28,32H,14,23-27H2,1-2H3,(H2,36,37,39). The van der Waals surface area contributed by atoms with E-state index < -0.39 is 0 Å². The molecule has 4 nitrogen and oxygen atoms in total. The van der Waals surface area contributed by atoms with Gasteiger partial charge in [-0.15, -0.1) is 0 Å². The highest BCUT2D eigenvalue weighted by Crippen LogP contribution is 2.29. The largest absolute Gasteiger partial charge is 0.338 e. The summed E-state index contributed by atoms with van der Waals surface area (Å²) in [5.74, 6) is 0.957. The van der Waals surface area contributed by atoms with Crippen LogP contribution in [0.3, 0.4) is 0 Å². The number of anilines is 1. The minimum atomic E-state index is -0.165. The van der Waals surface area contributed by atoms with Gasteiger partial charge in [-0.3, -0.25) is 0 Å². The first-order valence-corrected chi connectivity index (χ1v) is 14.1. The molecule has 0 aliphatic heterocycles. The third-order valence-electron chi connectivity index (χ3n) is 6.96. The molecular formula is C35H41N3O. The molecule has 0 bridgehead atoms. The van der Waals surface area contributed by atoms with Crippen LogP contribution in [0.4, 0.5) is 10.5 Å². The van der Waals surface area contributed by atoms with Crippen molar-refractivity contribution in [3.63, 3.8) is 0 Å². The second-order valence-electron chi connectivity index (χ2n) is 10.5. The number of benzene rings is 4. The van der Waals surface area contributed by atoms with Crippen LogP contribution < -0.4 is 10.6 Å². The van der Waals surface area contributed by atoms with Crippen LogP contribution in [0.2, 0.25) is 0 Å². The molecule has 0 aliphatic rings. The summed E-state index contributed by atoms with van der Waals surface area (Å²) in [6.07, 6.45) is 1.97. The topological polar surface area (TPSA) is 44.4 Å². The van der Waals surface area contributed by atoms with Gasteiger partial charge in [-0.1, -0.05) is 123 Å². The number of amides is 2. The maximum absolute atomic E-state index is 12.7. The molecule has 0 spiro atoms. The van der Waals surface area contributed by atoms with E-state index in [2.05, 4.69) is 102 Å². The van der Waals surface area contributed by atoms with Crippen molar-refractivity contribution in [1.29, 1.82) is 0 Å². The Hall–Kier alpha value is -3.89. The second kappa shape index (κ2) is 14.9. The SMILES string of the molecule is CC(C)CN(CCCNC(=O)Nc1ccccc1-c1ccccc1)CCC(c1ccccc1)c1ccccc1. The Morgan fingerprint density at radius 3 is 1.90 bits per heavy atom. The lowest BCUT2D eigenvalue weighted by Crippen LogP contribution is -2.35. The average molecular weight is 520 g/mol. The Balaban J connectivity index is 1.30. The van der Waals surface area contributed by atoms with Crippen LogP contribution in [0.1, 0.15) is 43.7 Å². The quantitative estimate of drug-likeness (QED) is 0.176. The highest BCUT2D eigenvalue weighted by Gasteiger charge is 2.17. The zero-order chi connectivity index (χ0) is 27.3. The first-order chi connectivity index (χ1) is 19.1. The predicted molar refractivity (Wildman–Crippen MR) is 164 cm³/mol. The number of carbonyl (C=O) groups excluding carboxylic acids is 1. The molecule has 0 atom stereocenters. The van der Waals surface area contributed by atoms with E-state index in [-0.39, 0.29) is 6.03 Å². The molecule has 0 unspecified atom stereocenters. The van der Waals surface area contributed by atoms with E-state index in [4.69, 9.17) is 0 Å². The Morgan fingerprint density at radius 1 is 0.718 bits per heavy atom. The molecule has 0 saturated carbocycles. The molecule has 0 saturated heterocycles. The minimum Gasteiger partial charge on any atom is -0.338 e. The van der Waals surface area contributed by atoms with Crippen LogP contribution in [-0.4, -0.2) is 37.1 Å². The maximum atomic E-state index is 12.7. The van der Waals surface area contributed by atoms with Gasteiger partial charge in [0.2, 0.25) is 0 Å². The summed E-state index contributed by atoms with van der Waals surface area (Å²) < 4.78 is 0. The van der Waals surface area contributed by atoms with Crippen molar-refractivity contribution in [3.05, 3.63) is 126 Å². The Bertz CT molecular complexity index is 1220. The fourth-order valence-corrected chi connectivity index (χ4v) is 5.15. The molecule has 0 radical (unpaired) electrons. The lowest BCUT2D eigenvalue weighted by molar-refractivity contribution is 0.232. The molecule has 0 fully saturated rings. The molecule has 2 amide bonds. The lowest BCUT2D eigenvalue weighted by atomic mass is 9.88. The first kappa shape index (κ1) is 28.1. The fraction of sp³-hybridized carbons (Fsp3) is 0.286. The summed E-state index contributed by atoms with van der Waals surface area (Å²) in [5, 5.41) is 6.10. The Labute approximate surface area is 234 Å². The van der Waals surface area contributed by atoms with Gasteiger partial charge in [0.15, 0.2) is 0 Å². The monoisotopic (exact) mass is 519 g/mol. The predicted octanol–water partition coefficient (Wildman–Crippen LogP) is 8.05. The molecular weight excluding hydrogens is 478 g/mol. The molecule has 39 heavy (non-hydrogen) atoms. The summed E-state index contributed by atoms with van der Waals surface area (Å²) in [6, 6.07) is 39.5. The third kappa shape index (κ3) is 8.83. The number of nitrogens with zero attached hydrogens (tertiary/aromatic N) is 1. The van der Waals surface area contributed by atoms with Crippen molar-refractivity contribution in [2.45, 2.75) is 32.6 Å². The van der Waals surface area contributed by atoms with Crippen molar-refractivity contribution in [3.8, 4) is 11.1 Å². The Morgan fingerprint density at radius 2 is 1.28 bits per heavy atom. The number of urea groups is 1. The van der Waals surface area contributed by atoms with Gasteiger partial charge < -0.3 is 15.5 Å². The molecule has 0 aromatic heterocycles. The maximum Gasteiger partial charge on any atom is 0.319 e. The van der Waals surface area contributed by atoms with E-state index >= 15 is 0 Å². The molecule has 4 aromatic rings. The highest BCUT2D eigenvalue weighted by molar-refractivity contribution is 5.94. The minimum absolute atomic E-state index is 0.165. The summed E-state index contributed by atoms with van der Waals surface area (Å²) in [4.78, 5) is 15.3. The van der Waals surface area contributed by atoms with E-state index in [1.165, 1.54) is 11.1 Å². The Kier molecular flexibility index (Phi) is 10.7. The van der Waals surface area contributed by atoms with E-state index in [9.17, 15) is 4.79 Å². The normalized spacial score (nSPS) is 11.2. The number of carbonyl (C=O) groups is 1. The van der Waals surface area contributed by atoms with Crippen LogP contribution in [0.25, 0.3) is 11.1 Å². The second-order valence-corrected chi connectivity index (χ2v) is 10.5. The van der Waals surface area contributed by atoms with Crippen LogP contribution in [0, 0.1) is 5.92 Å². The number of nitrogens with one attached hydrogen (secondary N) is 2. The number of para-hydroxylation sites is 1. The average Bonchev–Trinajstić information content (AvgIpc) is 2.97. The molecule has 0 aliphatic carbocycles. The van der Waals surface area contributed by atoms with Gasteiger partial charge in [-0.25, -0.2) is 4.79 Å². The highest BCUT2D eigenvalue weighted by atomic mass is 16.2. The fourth-order valence-electron chi connectivity index (χ4n) is 5.15. The van der Waals surface area contributed by atoms with Crippen LogP contribution in [0.15, 0.2) is 115 Å². The van der Waals surface area contributed by atoms with Crippen LogP contribution in [-0.2, 0) is 0 Å². The van der Waals surface area contributed by atoms with Gasteiger partial charge in [0.05, 0.1) is 5.69 Å². The molecule has 4 heteroatoms. The van der Waals surface area contributed by atoms with Crippen molar-refractivity contribution in [2.24, 2.45) is 5.92 Å². The van der Waals surface area contributed by atoms with Crippen molar-refractivity contribution in [2.75, 3.05) is 31.5 Å². The van der Waals surface area contributed by atoms with Gasteiger partial charge in [-0.2, -0.15) is 0 Å². The van der Waals surface area contributed by atoms with Crippen molar-refractivity contribution < 1.29 is 4.79 Å². The van der Waals surface area contributed by atoms with Gasteiger partial charge in [0, 0.05) is 24.6 Å². The molecule has 4 rings (SSSR count). The number of rotatable bonds is 13. The molecule has 2 N–H and O–H groups in total. The van der Waals surface area contributed by atoms with Crippen molar-refractivity contribution in [1.82, 2.24) is 10.2 Å². The molecule has 4 aromatic carbocycles. The van der Waals surface area contributed by atoms with E-state index in [0.717, 1.165) is 49.3 Å². The van der Waals surface area contributed by atoms with Gasteiger partial charge in [-0.05, 0) is 54.6 Å². The lowest BCUT2D eigenvalue weighted by Gasteiger charge is -2.27. The summed E-state index contributed by atoms with van der Waals surface area (Å²) >= 11 is 0. The zero-order valence-electron chi connectivity index (χ0n) is 23.2. The van der Waals surface area contributed by atoms with E-state index in [0.29, 0.717) is 18.4 Å². The van der Waals surface area contributed by atoms with E-state index in [1.54, 1.807) is 0 Å². The van der Waals surface area contributed by atoms with Gasteiger partial charge in [0.25, 0.3) is 0 Å². The summed E-state index contributed by atoms with van der Waals surface area (Å²) in [7, 11) is 0. The third-order valence-corrected chi connectivity index (χ3v) is 6.96. The van der Waals surface area contributed by atoms with Gasteiger partial charge >= 0.3 is 6.03 Å². The summed E-state index contributed by atoms with van der Waals surface area (Å²) in [6.45, 7) is 8.20. The molecule has 202 valence electrons. The van der Waals surface area contributed by atoms with Crippen LogP contribution >= 0.6 is 0 Å². The first-order valence-electron chi connectivity index (χ1n) is 14.1. The van der Waals surface area contributed by atoms with Gasteiger partial charge in [0.1, 0.15) is 0 Å². The smallest absolute Gasteiger partial charge is 0.319 e. The van der Waals surface area contributed by atoms with E-state index in [1.807, 2.05) is 42.5 Å². The number of hydrogen-bond acceptors (Lipinski definition) is 2. The van der Waals surface area contributed by atoms with Crippen molar-refractivity contribution >= 4 is 11.7 Å². The number of hydrogen-bond donors (Lipinski definition) is 2.